The molecule has 0 aliphatic heterocycles. The molecule has 4 nitrogen and oxygen atoms in total. The Hall–Kier alpha value is -2.65. The number of amidine groups is 1. The molecule has 3 rings (SSSR count). The zero-order chi connectivity index (χ0) is 18.7. The smallest absolute Gasteiger partial charge is 0.380 e. The molecule has 2 heterocycles. The summed E-state index contributed by atoms with van der Waals surface area (Å²) in [4.78, 5) is 19.0. The zero-order valence-corrected chi connectivity index (χ0v) is 14.6. The normalized spacial score (nSPS) is 12.2. The molecule has 1 aromatic carbocycles. The highest BCUT2D eigenvalue weighted by molar-refractivity contribution is 7.22. The van der Waals surface area contributed by atoms with E-state index < -0.39 is 17.7 Å². The van der Waals surface area contributed by atoms with Crippen LogP contribution in [-0.2, 0) is 11.0 Å². The van der Waals surface area contributed by atoms with Gasteiger partial charge in [-0.05, 0) is 35.7 Å². The molecule has 0 saturated heterocycles. The molecule has 2 N–H and O–H groups in total. The van der Waals surface area contributed by atoms with Gasteiger partial charge in [-0.25, -0.2) is 4.79 Å². The summed E-state index contributed by atoms with van der Waals surface area (Å²) in [6.07, 6.45) is -4.50. The Kier molecular flexibility index (Phi) is 5.10. The fraction of sp³-hybridized carbons (Fsp3) is 0.0588. The van der Waals surface area contributed by atoms with E-state index in [0.717, 1.165) is 21.9 Å². The van der Waals surface area contributed by atoms with Crippen molar-refractivity contribution in [2.75, 3.05) is 0 Å². The van der Waals surface area contributed by atoms with Gasteiger partial charge in [-0.1, -0.05) is 23.4 Å². The van der Waals surface area contributed by atoms with Gasteiger partial charge in [0.05, 0.1) is 5.56 Å². The summed E-state index contributed by atoms with van der Waals surface area (Å²) in [7, 11) is 0. The maximum atomic E-state index is 12.7. The van der Waals surface area contributed by atoms with E-state index >= 15 is 0 Å². The first-order valence-corrected chi connectivity index (χ1v) is 8.90. The number of carbonyl (C=O) groups is 1. The Bertz CT molecular complexity index is 947. The Balaban J connectivity index is 1.72. The van der Waals surface area contributed by atoms with Crippen molar-refractivity contribution < 1.29 is 22.8 Å². The van der Waals surface area contributed by atoms with Gasteiger partial charge in [0, 0.05) is 15.3 Å². The van der Waals surface area contributed by atoms with Crippen LogP contribution in [0.5, 0.6) is 0 Å². The number of hydrogen-bond acceptors (Lipinski definition) is 5. The van der Waals surface area contributed by atoms with Crippen LogP contribution < -0.4 is 5.73 Å². The van der Waals surface area contributed by atoms with E-state index in [4.69, 9.17) is 10.6 Å². The number of rotatable bonds is 4. The van der Waals surface area contributed by atoms with E-state index in [1.54, 1.807) is 12.1 Å². The molecule has 0 spiro atoms. The van der Waals surface area contributed by atoms with Gasteiger partial charge in [0.2, 0.25) is 0 Å². The highest BCUT2D eigenvalue weighted by atomic mass is 32.1. The number of benzene rings is 1. The molecule has 0 atom stereocenters. The van der Waals surface area contributed by atoms with Crippen molar-refractivity contribution in [3.8, 4) is 9.75 Å². The number of alkyl halides is 3. The van der Waals surface area contributed by atoms with E-state index in [1.807, 2.05) is 17.5 Å². The van der Waals surface area contributed by atoms with Crippen molar-refractivity contribution in [3.05, 3.63) is 69.9 Å². The third-order valence-electron chi connectivity index (χ3n) is 3.28. The van der Waals surface area contributed by atoms with Gasteiger partial charge in [-0.15, -0.1) is 22.7 Å². The summed E-state index contributed by atoms with van der Waals surface area (Å²) < 4.78 is 38.2. The molecule has 9 heteroatoms. The van der Waals surface area contributed by atoms with Crippen LogP contribution in [0.1, 0.15) is 20.8 Å². The lowest BCUT2D eigenvalue weighted by molar-refractivity contribution is -0.137. The van der Waals surface area contributed by atoms with Gasteiger partial charge in [0.25, 0.3) is 0 Å². The van der Waals surface area contributed by atoms with Crippen LogP contribution in [-0.4, -0.2) is 11.8 Å². The highest BCUT2D eigenvalue weighted by Gasteiger charge is 2.30. The van der Waals surface area contributed by atoms with E-state index in [0.29, 0.717) is 4.88 Å². The Morgan fingerprint density at radius 1 is 1.08 bits per heavy atom. The minimum atomic E-state index is -4.50. The molecule has 0 amide bonds. The molecule has 0 aliphatic carbocycles. The lowest BCUT2D eigenvalue weighted by Crippen LogP contribution is -2.16. The van der Waals surface area contributed by atoms with Crippen LogP contribution in [0.15, 0.2) is 59.1 Å². The van der Waals surface area contributed by atoms with Crippen LogP contribution in [0.25, 0.3) is 9.75 Å². The maximum Gasteiger partial charge on any atom is 0.416 e. The molecule has 26 heavy (non-hydrogen) atoms. The third-order valence-corrected chi connectivity index (χ3v) is 5.41. The molecular formula is C17H11F3N2O2S2. The zero-order valence-electron chi connectivity index (χ0n) is 13.0. The lowest BCUT2D eigenvalue weighted by atomic mass is 10.1. The van der Waals surface area contributed by atoms with Gasteiger partial charge in [0.1, 0.15) is 4.88 Å². The number of nitrogens with zero attached hydrogens (tertiary/aromatic N) is 1. The second kappa shape index (κ2) is 7.30. The Labute approximate surface area is 154 Å². The van der Waals surface area contributed by atoms with Gasteiger partial charge < -0.3 is 10.6 Å². The number of nitrogens with two attached hydrogens (primary N) is 1. The SMILES string of the molecule is N/C(=N\OC(=O)c1ccc(-c2cccs2)s1)c1cccc(C(F)(F)F)c1. The van der Waals surface area contributed by atoms with Crippen LogP contribution in [0, 0.1) is 0 Å². The molecule has 0 saturated carbocycles. The van der Waals surface area contributed by atoms with Crippen molar-refractivity contribution in [1.82, 2.24) is 0 Å². The molecule has 2 aromatic heterocycles. The summed E-state index contributed by atoms with van der Waals surface area (Å²) in [5.41, 5.74) is 4.78. The van der Waals surface area contributed by atoms with E-state index in [2.05, 4.69) is 5.16 Å². The first-order valence-electron chi connectivity index (χ1n) is 7.21. The maximum absolute atomic E-state index is 12.7. The van der Waals surface area contributed by atoms with Gasteiger partial charge >= 0.3 is 12.1 Å². The first-order chi connectivity index (χ1) is 12.3. The van der Waals surface area contributed by atoms with E-state index in [-0.39, 0.29) is 11.4 Å². The first kappa shape index (κ1) is 18.2. The summed E-state index contributed by atoms with van der Waals surface area (Å²) in [5.74, 6) is -1.05. The van der Waals surface area contributed by atoms with Gasteiger partial charge in [0.15, 0.2) is 5.84 Å². The molecule has 0 fully saturated rings. The molecular weight excluding hydrogens is 385 g/mol. The third kappa shape index (κ3) is 4.12. The van der Waals surface area contributed by atoms with E-state index in [1.165, 1.54) is 34.8 Å². The summed E-state index contributed by atoms with van der Waals surface area (Å²) in [6, 6.07) is 11.5. The predicted molar refractivity (Wildman–Crippen MR) is 95.2 cm³/mol. The lowest BCUT2D eigenvalue weighted by Gasteiger charge is -2.08. The number of halogens is 3. The summed E-state index contributed by atoms with van der Waals surface area (Å²) in [6.45, 7) is 0. The minimum Gasteiger partial charge on any atom is -0.380 e. The fourth-order valence-corrected chi connectivity index (χ4v) is 3.75. The molecule has 0 bridgehead atoms. The number of carbonyl (C=O) groups excluding carboxylic acids is 1. The quantitative estimate of drug-likeness (QED) is 0.293. The molecule has 0 unspecified atom stereocenters. The number of thiophene rings is 2. The van der Waals surface area contributed by atoms with E-state index in [9.17, 15) is 18.0 Å². The number of hydrogen-bond donors (Lipinski definition) is 1. The minimum absolute atomic E-state index is 0.0121. The number of oxime groups is 1. The Morgan fingerprint density at radius 2 is 1.88 bits per heavy atom. The molecule has 3 aromatic rings. The van der Waals surface area contributed by atoms with Crippen molar-refractivity contribution in [1.29, 1.82) is 0 Å². The molecule has 0 aliphatic rings. The monoisotopic (exact) mass is 396 g/mol. The Morgan fingerprint density at radius 3 is 2.58 bits per heavy atom. The van der Waals surface area contributed by atoms with Gasteiger partial charge in [-0.3, -0.25) is 0 Å². The standard InChI is InChI=1S/C17H11F3N2O2S2/c18-17(19,20)11-4-1-3-10(9-11)15(21)22-24-16(23)14-7-6-13(26-14)12-5-2-8-25-12/h1-9H,(H2,21,22). The second-order valence-electron chi connectivity index (χ2n) is 5.08. The summed E-state index contributed by atoms with van der Waals surface area (Å²) >= 11 is 2.77. The largest absolute Gasteiger partial charge is 0.416 e. The average molecular weight is 396 g/mol. The van der Waals surface area contributed by atoms with Crippen molar-refractivity contribution in [2.45, 2.75) is 6.18 Å². The molecule has 0 radical (unpaired) electrons. The highest BCUT2D eigenvalue weighted by Crippen LogP contribution is 2.32. The van der Waals surface area contributed by atoms with Crippen LogP contribution >= 0.6 is 22.7 Å². The van der Waals surface area contributed by atoms with Crippen LogP contribution in [0.2, 0.25) is 0 Å². The average Bonchev–Trinajstić information content (AvgIpc) is 3.29. The predicted octanol–water partition coefficient (Wildman–Crippen LogP) is 4.97. The van der Waals surface area contributed by atoms with Crippen molar-refractivity contribution in [3.63, 3.8) is 0 Å². The summed E-state index contributed by atoms with van der Waals surface area (Å²) in [5, 5.41) is 5.38. The van der Waals surface area contributed by atoms with Crippen molar-refractivity contribution in [2.24, 2.45) is 10.9 Å². The van der Waals surface area contributed by atoms with Crippen molar-refractivity contribution >= 4 is 34.5 Å². The molecule has 134 valence electrons. The van der Waals surface area contributed by atoms with Gasteiger partial charge in [-0.2, -0.15) is 13.2 Å². The van der Waals surface area contributed by atoms with Crippen LogP contribution in [0.4, 0.5) is 13.2 Å². The van der Waals surface area contributed by atoms with Crippen LogP contribution in [0.3, 0.4) is 0 Å². The fourth-order valence-electron chi connectivity index (χ4n) is 2.04. The second-order valence-corrected chi connectivity index (χ2v) is 7.11. The topological polar surface area (TPSA) is 64.7 Å².